The smallest absolute Gasteiger partial charge is 0.263 e. The largest absolute Gasteiger partial charge is 0.279 e. The fourth-order valence-corrected chi connectivity index (χ4v) is 2.97. The molecule has 1 aliphatic carbocycles. The van der Waals surface area contributed by atoms with E-state index in [0.717, 1.165) is 22.9 Å². The van der Waals surface area contributed by atoms with E-state index in [-0.39, 0.29) is 6.04 Å². The van der Waals surface area contributed by atoms with Gasteiger partial charge in [0.1, 0.15) is 0 Å². The number of halogens is 1. The van der Waals surface area contributed by atoms with Crippen molar-refractivity contribution >= 4 is 26.1 Å². The SMILES string of the molecule is CN(C)S(=O)(=O)N[C@H](c1cncc(Br)c1)C1CC1. The third-order valence-electron chi connectivity index (χ3n) is 2.94. The topological polar surface area (TPSA) is 62.3 Å². The highest BCUT2D eigenvalue weighted by atomic mass is 79.9. The van der Waals surface area contributed by atoms with Gasteiger partial charge in [-0.05, 0) is 46.3 Å². The maximum atomic E-state index is 11.9. The molecule has 0 saturated heterocycles. The van der Waals surface area contributed by atoms with E-state index in [4.69, 9.17) is 0 Å². The molecule has 0 unspecified atom stereocenters. The molecule has 1 heterocycles. The molecule has 18 heavy (non-hydrogen) atoms. The van der Waals surface area contributed by atoms with Gasteiger partial charge in [-0.1, -0.05) is 0 Å². The summed E-state index contributed by atoms with van der Waals surface area (Å²) in [5, 5.41) is 0. The van der Waals surface area contributed by atoms with Crippen molar-refractivity contribution in [1.29, 1.82) is 0 Å². The number of pyridine rings is 1. The minimum absolute atomic E-state index is 0.192. The van der Waals surface area contributed by atoms with Gasteiger partial charge in [-0.2, -0.15) is 17.4 Å². The number of hydrogen-bond acceptors (Lipinski definition) is 3. The molecular weight excluding hydrogens is 318 g/mol. The van der Waals surface area contributed by atoms with Crippen LogP contribution in [-0.2, 0) is 10.2 Å². The maximum absolute atomic E-state index is 11.9. The molecule has 1 fully saturated rings. The first-order valence-corrected chi connectivity index (χ1v) is 7.93. The van der Waals surface area contributed by atoms with Crippen molar-refractivity contribution in [1.82, 2.24) is 14.0 Å². The second-order valence-electron chi connectivity index (χ2n) is 4.66. The molecule has 1 saturated carbocycles. The average molecular weight is 334 g/mol. The fourth-order valence-electron chi connectivity index (χ4n) is 1.73. The van der Waals surface area contributed by atoms with Crippen LogP contribution in [0, 0.1) is 5.92 Å². The molecular formula is C11H16BrN3O2S. The highest BCUT2D eigenvalue weighted by Crippen LogP contribution is 2.41. The molecule has 1 aromatic rings. The first kappa shape index (κ1) is 13.9. The molecule has 0 bridgehead atoms. The van der Waals surface area contributed by atoms with Crippen LogP contribution < -0.4 is 4.72 Å². The Morgan fingerprint density at radius 3 is 2.61 bits per heavy atom. The standard InChI is InChI=1S/C11H16BrN3O2S/c1-15(2)18(16,17)14-11(8-3-4-8)9-5-10(12)7-13-6-9/h5-8,11,14H,3-4H2,1-2H3/t11-/m0/s1. The van der Waals surface area contributed by atoms with Crippen LogP contribution in [0.2, 0.25) is 0 Å². The molecule has 100 valence electrons. The molecule has 1 aromatic heterocycles. The summed E-state index contributed by atoms with van der Waals surface area (Å²) < 4.78 is 28.6. The third kappa shape index (κ3) is 3.28. The van der Waals surface area contributed by atoms with E-state index >= 15 is 0 Å². The zero-order chi connectivity index (χ0) is 13.3. The maximum Gasteiger partial charge on any atom is 0.279 e. The normalized spacial score (nSPS) is 18.0. The number of hydrogen-bond donors (Lipinski definition) is 1. The van der Waals surface area contributed by atoms with Gasteiger partial charge in [0.15, 0.2) is 0 Å². The molecule has 5 nitrogen and oxygen atoms in total. The molecule has 2 rings (SSSR count). The molecule has 0 radical (unpaired) electrons. The second-order valence-corrected chi connectivity index (χ2v) is 7.49. The first-order chi connectivity index (χ1) is 8.40. The van der Waals surface area contributed by atoms with E-state index in [1.165, 1.54) is 18.4 Å². The molecule has 0 spiro atoms. The van der Waals surface area contributed by atoms with Crippen molar-refractivity contribution in [3.8, 4) is 0 Å². The van der Waals surface area contributed by atoms with E-state index < -0.39 is 10.2 Å². The van der Waals surface area contributed by atoms with Crippen LogP contribution in [0.15, 0.2) is 22.9 Å². The van der Waals surface area contributed by atoms with E-state index in [1.807, 2.05) is 6.07 Å². The van der Waals surface area contributed by atoms with Crippen LogP contribution in [0.4, 0.5) is 0 Å². The summed E-state index contributed by atoms with van der Waals surface area (Å²) in [5.41, 5.74) is 0.900. The number of nitrogens with one attached hydrogen (secondary N) is 1. The Morgan fingerprint density at radius 2 is 2.11 bits per heavy atom. The Hall–Kier alpha value is -0.500. The van der Waals surface area contributed by atoms with Crippen LogP contribution in [0.25, 0.3) is 0 Å². The minimum atomic E-state index is -3.42. The van der Waals surface area contributed by atoms with Crippen molar-refractivity contribution in [3.63, 3.8) is 0 Å². The van der Waals surface area contributed by atoms with Crippen LogP contribution in [0.5, 0.6) is 0 Å². The van der Waals surface area contributed by atoms with Crippen molar-refractivity contribution in [2.45, 2.75) is 18.9 Å². The molecule has 1 atom stereocenters. The summed E-state index contributed by atoms with van der Waals surface area (Å²) in [6.45, 7) is 0. The Labute approximate surface area is 116 Å². The van der Waals surface area contributed by atoms with Crippen LogP contribution in [-0.4, -0.2) is 31.8 Å². The lowest BCUT2D eigenvalue weighted by Gasteiger charge is -2.21. The van der Waals surface area contributed by atoms with E-state index in [0.29, 0.717) is 5.92 Å². The van der Waals surface area contributed by atoms with E-state index in [2.05, 4.69) is 25.6 Å². The molecule has 7 heteroatoms. The second kappa shape index (κ2) is 5.24. The average Bonchev–Trinajstić information content (AvgIpc) is 3.09. The Kier molecular flexibility index (Phi) is 4.05. The Bertz CT molecular complexity index is 529. The predicted molar refractivity (Wildman–Crippen MR) is 73.1 cm³/mol. The highest BCUT2D eigenvalue weighted by Gasteiger charge is 2.35. The summed E-state index contributed by atoms with van der Waals surface area (Å²) in [4.78, 5) is 4.09. The van der Waals surface area contributed by atoms with Crippen molar-refractivity contribution in [2.75, 3.05) is 14.1 Å². The zero-order valence-electron chi connectivity index (χ0n) is 10.3. The fraction of sp³-hybridized carbons (Fsp3) is 0.545. The quantitative estimate of drug-likeness (QED) is 0.891. The molecule has 1 N–H and O–H groups in total. The summed E-state index contributed by atoms with van der Waals surface area (Å²) in [7, 11) is -0.385. The van der Waals surface area contributed by atoms with Gasteiger partial charge in [0.25, 0.3) is 10.2 Å². The van der Waals surface area contributed by atoms with Gasteiger partial charge in [0.05, 0.1) is 6.04 Å². The minimum Gasteiger partial charge on any atom is -0.263 e. The molecule has 1 aliphatic rings. The summed E-state index contributed by atoms with van der Waals surface area (Å²) in [6, 6.07) is 1.72. The third-order valence-corrected chi connectivity index (χ3v) is 4.88. The van der Waals surface area contributed by atoms with Crippen molar-refractivity contribution in [3.05, 3.63) is 28.5 Å². The Balaban J connectivity index is 2.25. The monoisotopic (exact) mass is 333 g/mol. The van der Waals surface area contributed by atoms with E-state index in [1.54, 1.807) is 12.4 Å². The summed E-state index contributed by atoms with van der Waals surface area (Å²) in [5.74, 6) is 0.371. The number of rotatable bonds is 5. The zero-order valence-corrected chi connectivity index (χ0v) is 12.7. The Morgan fingerprint density at radius 1 is 1.44 bits per heavy atom. The number of nitrogens with zero attached hydrogens (tertiary/aromatic N) is 2. The molecule has 0 aliphatic heterocycles. The highest BCUT2D eigenvalue weighted by molar-refractivity contribution is 9.10. The van der Waals surface area contributed by atoms with Gasteiger partial charge in [0.2, 0.25) is 0 Å². The predicted octanol–water partition coefficient (Wildman–Crippen LogP) is 1.69. The first-order valence-electron chi connectivity index (χ1n) is 5.70. The van der Waals surface area contributed by atoms with Gasteiger partial charge in [-0.3, -0.25) is 4.98 Å². The van der Waals surface area contributed by atoms with Crippen molar-refractivity contribution in [2.24, 2.45) is 5.92 Å². The lowest BCUT2D eigenvalue weighted by Crippen LogP contribution is -2.38. The van der Waals surface area contributed by atoms with Gasteiger partial charge in [-0.25, -0.2) is 0 Å². The van der Waals surface area contributed by atoms with Gasteiger partial charge >= 0.3 is 0 Å². The van der Waals surface area contributed by atoms with Crippen LogP contribution >= 0.6 is 15.9 Å². The lowest BCUT2D eigenvalue weighted by molar-refractivity contribution is 0.474. The van der Waals surface area contributed by atoms with Gasteiger partial charge in [0, 0.05) is 31.0 Å². The van der Waals surface area contributed by atoms with Crippen LogP contribution in [0.1, 0.15) is 24.4 Å². The van der Waals surface area contributed by atoms with Gasteiger partial charge in [-0.15, -0.1) is 0 Å². The van der Waals surface area contributed by atoms with E-state index in [9.17, 15) is 8.42 Å². The summed E-state index contributed by atoms with van der Waals surface area (Å²) >= 11 is 3.36. The molecule has 0 aromatic carbocycles. The van der Waals surface area contributed by atoms with Gasteiger partial charge < -0.3 is 0 Å². The lowest BCUT2D eigenvalue weighted by atomic mass is 10.1. The number of aromatic nitrogens is 1. The molecule has 0 amide bonds. The van der Waals surface area contributed by atoms with Crippen LogP contribution in [0.3, 0.4) is 0 Å². The van der Waals surface area contributed by atoms with Crippen molar-refractivity contribution < 1.29 is 8.42 Å². The summed E-state index contributed by atoms with van der Waals surface area (Å²) in [6.07, 6.45) is 5.50.